The third-order valence-electron chi connectivity index (χ3n) is 11.4. The number of carbonyl (C=O) groups excluding carboxylic acids is 3. The van der Waals surface area contributed by atoms with E-state index in [9.17, 15) is 29.4 Å². The number of phenols is 1. The van der Waals surface area contributed by atoms with Crippen LogP contribution in [0, 0.1) is 11.8 Å². The second kappa shape index (κ2) is 19.2. The van der Waals surface area contributed by atoms with Crippen LogP contribution < -0.4 is 21.5 Å². The van der Waals surface area contributed by atoms with Crippen molar-refractivity contribution >= 4 is 40.2 Å². The molecule has 1 aromatic heterocycles. The van der Waals surface area contributed by atoms with Crippen LogP contribution in [0.2, 0.25) is 0 Å². The molecule has 0 bridgehead atoms. The van der Waals surface area contributed by atoms with Crippen LogP contribution in [-0.4, -0.2) is 88.8 Å². The number of carbonyl (C=O) groups is 3. The van der Waals surface area contributed by atoms with Crippen molar-refractivity contribution in [2.45, 2.75) is 50.9 Å². The Bertz CT molecular complexity index is 2290. The van der Waals surface area contributed by atoms with Gasteiger partial charge < -0.3 is 40.4 Å². The molecule has 59 heavy (non-hydrogen) atoms. The highest BCUT2D eigenvalue weighted by atomic mass is 16.6. The summed E-state index contributed by atoms with van der Waals surface area (Å²) in [4.78, 5) is 56.8. The zero-order chi connectivity index (χ0) is 41.3. The number of aliphatic hydroxyl groups excluding tert-OH is 1. The van der Waals surface area contributed by atoms with Crippen molar-refractivity contribution in [3.63, 3.8) is 0 Å². The number of nitrogens with zero attached hydrogens (tertiary/aromatic N) is 2. The number of anilines is 2. The molecular weight excluding hydrogens is 749 g/mol. The molecule has 7 rings (SSSR count). The number of rotatable bonds is 16. The molecule has 2 aliphatic rings. The van der Waals surface area contributed by atoms with Gasteiger partial charge in [-0.15, -0.1) is 0 Å². The van der Waals surface area contributed by atoms with Crippen molar-refractivity contribution < 1.29 is 29.3 Å². The van der Waals surface area contributed by atoms with Gasteiger partial charge >= 0.3 is 6.09 Å². The van der Waals surface area contributed by atoms with Gasteiger partial charge in [0.15, 0.2) is 0 Å². The molecule has 13 heteroatoms. The van der Waals surface area contributed by atoms with Gasteiger partial charge in [0, 0.05) is 81.9 Å². The first-order chi connectivity index (χ1) is 28.6. The molecule has 13 nitrogen and oxygen atoms in total. The fraction of sp³-hybridized carbons (Fsp3) is 0.348. The lowest BCUT2D eigenvalue weighted by molar-refractivity contribution is -0.130. The normalized spacial score (nSPS) is 18.0. The van der Waals surface area contributed by atoms with Crippen LogP contribution in [0.4, 0.5) is 16.2 Å². The molecule has 3 amide bonds. The summed E-state index contributed by atoms with van der Waals surface area (Å²) in [6.45, 7) is 3.69. The average Bonchev–Trinajstić information content (AvgIpc) is 3.79. The maximum absolute atomic E-state index is 12.9. The lowest BCUT2D eigenvalue weighted by Crippen LogP contribution is -2.33. The predicted molar refractivity (Wildman–Crippen MR) is 228 cm³/mol. The second-order valence-corrected chi connectivity index (χ2v) is 15.7. The molecule has 2 fully saturated rings. The van der Waals surface area contributed by atoms with Gasteiger partial charge in [0.25, 0.3) is 0 Å². The van der Waals surface area contributed by atoms with Gasteiger partial charge in [-0.2, -0.15) is 0 Å². The largest absolute Gasteiger partial charge is 0.506 e. The number of aliphatic hydroxyl groups is 1. The van der Waals surface area contributed by atoms with Gasteiger partial charge in [-0.3, -0.25) is 19.7 Å². The number of amides is 3. The Morgan fingerprint density at radius 3 is 2.37 bits per heavy atom. The molecule has 1 saturated carbocycles. The first-order valence-corrected chi connectivity index (χ1v) is 20.3. The highest BCUT2D eigenvalue weighted by Gasteiger charge is 2.42. The zero-order valence-corrected chi connectivity index (χ0v) is 33.2. The van der Waals surface area contributed by atoms with Crippen molar-refractivity contribution in [2.24, 2.45) is 11.8 Å². The summed E-state index contributed by atoms with van der Waals surface area (Å²) in [6, 6.07) is 31.2. The van der Waals surface area contributed by atoms with E-state index in [2.05, 4.69) is 25.8 Å². The number of ether oxygens (including phenoxy) is 1. The van der Waals surface area contributed by atoms with Gasteiger partial charge in [0.1, 0.15) is 11.9 Å². The number of nitrogens with one attached hydrogen (secondary N) is 4. The van der Waals surface area contributed by atoms with Gasteiger partial charge in [-0.1, -0.05) is 66.7 Å². The van der Waals surface area contributed by atoms with Crippen LogP contribution in [-0.2, 0) is 20.9 Å². The predicted octanol–water partition coefficient (Wildman–Crippen LogP) is 6.25. The lowest BCUT2D eigenvalue weighted by atomic mass is 10.0. The third-order valence-corrected chi connectivity index (χ3v) is 11.4. The van der Waals surface area contributed by atoms with Crippen molar-refractivity contribution in [2.75, 3.05) is 50.4 Å². The van der Waals surface area contributed by atoms with E-state index >= 15 is 0 Å². The Hall–Kier alpha value is -6.02. The molecule has 1 aliphatic heterocycles. The fourth-order valence-corrected chi connectivity index (χ4v) is 8.36. The fourth-order valence-electron chi connectivity index (χ4n) is 8.36. The number of benzene rings is 4. The molecule has 308 valence electrons. The molecule has 0 spiro atoms. The molecule has 4 aromatic carbocycles. The van der Waals surface area contributed by atoms with Crippen LogP contribution in [0.3, 0.4) is 0 Å². The molecular formula is C46H52N6O7. The third kappa shape index (κ3) is 10.7. The minimum atomic E-state index is -0.865. The number of para-hydroxylation sites is 1. The van der Waals surface area contributed by atoms with E-state index in [1.165, 1.54) is 12.1 Å². The summed E-state index contributed by atoms with van der Waals surface area (Å²) >= 11 is 0. The van der Waals surface area contributed by atoms with Crippen LogP contribution in [0.15, 0.2) is 108 Å². The number of H-pyrrole nitrogens is 1. The molecule has 2 heterocycles. The maximum atomic E-state index is 12.9. The standard InChI is InChI=1S/C46H52N6O7/c1-51(22-7-12-42(55)48-34-15-13-30(14-16-34)26-47-27-41(54)37-17-19-40(53)45-38(37)18-20-43(56)50-45)44(57)21-23-52-28-32-24-35(25-33(32)29-52)59-46(58)49-39-11-6-5-10-36(39)31-8-3-2-4-9-31/h2-6,8-11,13-20,32-33,35,41,47,53-54H,7,12,21-29H2,1H3,(H,48,55)(H,49,58)(H,50,56)/t32-,33?,35?,41+/m1/s1. The van der Waals surface area contributed by atoms with E-state index in [1.807, 2.05) is 78.9 Å². The number of hydrogen-bond donors (Lipinski definition) is 6. The first-order valence-electron chi connectivity index (χ1n) is 20.3. The minimum absolute atomic E-state index is 0.0561. The van der Waals surface area contributed by atoms with Crippen LogP contribution in [0.1, 0.15) is 49.3 Å². The summed E-state index contributed by atoms with van der Waals surface area (Å²) in [5.74, 6) is 0.759. The summed E-state index contributed by atoms with van der Waals surface area (Å²) in [7, 11) is 1.78. The van der Waals surface area contributed by atoms with Crippen molar-refractivity contribution in [3.05, 3.63) is 125 Å². The summed E-state index contributed by atoms with van der Waals surface area (Å²) in [5, 5.41) is 30.6. The van der Waals surface area contributed by atoms with E-state index in [0.29, 0.717) is 60.9 Å². The van der Waals surface area contributed by atoms with Gasteiger partial charge in [0.05, 0.1) is 17.3 Å². The van der Waals surface area contributed by atoms with Crippen molar-refractivity contribution in [1.82, 2.24) is 20.1 Å². The van der Waals surface area contributed by atoms with E-state index in [-0.39, 0.29) is 47.7 Å². The molecule has 0 radical (unpaired) electrons. The van der Waals surface area contributed by atoms with Crippen LogP contribution >= 0.6 is 0 Å². The Labute approximate surface area is 343 Å². The quantitative estimate of drug-likeness (QED) is 0.0674. The van der Waals surface area contributed by atoms with Gasteiger partial charge in [-0.05, 0) is 78.1 Å². The Kier molecular flexibility index (Phi) is 13.4. The highest BCUT2D eigenvalue weighted by Crippen LogP contribution is 2.40. The van der Waals surface area contributed by atoms with Gasteiger partial charge in [0.2, 0.25) is 17.4 Å². The van der Waals surface area contributed by atoms with E-state index in [4.69, 9.17) is 4.74 Å². The first kappa shape index (κ1) is 41.2. The van der Waals surface area contributed by atoms with Gasteiger partial charge in [-0.25, -0.2) is 4.79 Å². The topological polar surface area (TPSA) is 176 Å². The number of pyridine rings is 1. The maximum Gasteiger partial charge on any atom is 0.411 e. The average molecular weight is 801 g/mol. The van der Waals surface area contributed by atoms with E-state index in [0.717, 1.165) is 48.3 Å². The number of aromatic hydroxyl groups is 1. The molecule has 5 aromatic rings. The van der Waals surface area contributed by atoms with Crippen LogP contribution in [0.5, 0.6) is 5.75 Å². The molecule has 1 aliphatic carbocycles. The smallest absolute Gasteiger partial charge is 0.411 e. The summed E-state index contributed by atoms with van der Waals surface area (Å²) in [6.07, 6.45) is 1.48. The summed E-state index contributed by atoms with van der Waals surface area (Å²) in [5.41, 5.74) is 4.88. The van der Waals surface area contributed by atoms with E-state index < -0.39 is 12.2 Å². The van der Waals surface area contributed by atoms with Crippen molar-refractivity contribution in [1.29, 1.82) is 0 Å². The Morgan fingerprint density at radius 1 is 0.881 bits per heavy atom. The zero-order valence-electron chi connectivity index (χ0n) is 33.2. The molecule has 2 unspecified atom stereocenters. The Balaban J connectivity index is 0.753. The molecule has 6 N–H and O–H groups in total. The van der Waals surface area contributed by atoms with Crippen LogP contribution in [0.25, 0.3) is 22.0 Å². The highest BCUT2D eigenvalue weighted by molar-refractivity contribution is 5.92. The summed E-state index contributed by atoms with van der Waals surface area (Å²) < 4.78 is 5.87. The second-order valence-electron chi connectivity index (χ2n) is 15.7. The SMILES string of the molecule is CN(CCCC(=O)Nc1ccc(CNC[C@H](O)c2ccc(O)c3[nH]c(=O)ccc23)cc1)C(=O)CCN1CC2CC(OC(=O)Nc3ccccc3-c3ccccc3)C[C@@H]2C1. The number of aromatic amines is 1. The Morgan fingerprint density at radius 2 is 1.61 bits per heavy atom. The molecule has 1 saturated heterocycles. The number of aromatic nitrogens is 1. The van der Waals surface area contributed by atoms with E-state index in [1.54, 1.807) is 24.1 Å². The lowest BCUT2D eigenvalue weighted by Gasteiger charge is -2.21. The molecule has 4 atom stereocenters. The minimum Gasteiger partial charge on any atom is -0.506 e. The number of phenolic OH excluding ortho intramolecular Hbond substituents is 1. The number of fused-ring (bicyclic) bond motifs is 2. The van der Waals surface area contributed by atoms with Crippen molar-refractivity contribution in [3.8, 4) is 16.9 Å². The monoisotopic (exact) mass is 800 g/mol. The number of hydrogen-bond acceptors (Lipinski definition) is 9. The number of likely N-dealkylation sites (tertiary alicyclic amines) is 1.